The molecule has 0 saturated carbocycles. The number of benzene rings is 2. The third kappa shape index (κ3) is 3.21. The number of fused-ring (bicyclic) bond motifs is 1. The van der Waals surface area contributed by atoms with E-state index in [1.165, 1.54) is 5.56 Å². The summed E-state index contributed by atoms with van der Waals surface area (Å²) < 4.78 is 0. The monoisotopic (exact) mass is 321 g/mol. The van der Waals surface area contributed by atoms with Gasteiger partial charge in [-0.3, -0.25) is 4.79 Å². The minimum absolute atomic E-state index is 0.0801. The fourth-order valence-electron chi connectivity index (χ4n) is 3.18. The molecule has 0 aliphatic carbocycles. The van der Waals surface area contributed by atoms with Gasteiger partial charge in [0.05, 0.1) is 6.42 Å². The lowest BCUT2D eigenvalue weighted by Crippen LogP contribution is -2.12. The maximum Gasteiger partial charge on any atom is 0.304 e. The lowest BCUT2D eigenvalue weighted by atomic mass is 9.83. The summed E-state index contributed by atoms with van der Waals surface area (Å²) in [6.45, 7) is 6.53. The molecule has 124 valence electrons. The maximum absolute atomic E-state index is 11.4. The molecule has 0 radical (unpaired) electrons. The number of nitrogens with one attached hydrogen (secondary N) is 1. The smallest absolute Gasteiger partial charge is 0.304 e. The van der Waals surface area contributed by atoms with Crippen LogP contribution < -0.4 is 0 Å². The van der Waals surface area contributed by atoms with E-state index in [2.05, 4.69) is 50.0 Å². The van der Waals surface area contributed by atoms with Crippen molar-refractivity contribution in [3.63, 3.8) is 0 Å². The van der Waals surface area contributed by atoms with Crippen LogP contribution in [0.5, 0.6) is 0 Å². The molecule has 1 heterocycles. The molecule has 24 heavy (non-hydrogen) atoms. The normalized spacial score (nSPS) is 13.1. The predicted octanol–water partition coefficient (Wildman–Crippen LogP) is 5.07. The second-order valence-corrected chi connectivity index (χ2v) is 7.31. The highest BCUT2D eigenvalue weighted by Gasteiger charge is 2.22. The van der Waals surface area contributed by atoms with Crippen LogP contribution in [0, 0.1) is 0 Å². The summed E-state index contributed by atoms with van der Waals surface area (Å²) in [6, 6.07) is 16.4. The first-order valence-electron chi connectivity index (χ1n) is 8.24. The lowest BCUT2D eigenvalue weighted by Gasteiger charge is -2.21. The van der Waals surface area contributed by atoms with Crippen molar-refractivity contribution in [1.82, 2.24) is 4.98 Å². The molecular formula is C21H23NO2. The van der Waals surface area contributed by atoms with Gasteiger partial charge < -0.3 is 10.1 Å². The van der Waals surface area contributed by atoms with Gasteiger partial charge in [0, 0.05) is 23.0 Å². The first-order valence-corrected chi connectivity index (χ1v) is 8.24. The molecule has 2 aromatic carbocycles. The van der Waals surface area contributed by atoms with E-state index in [0.29, 0.717) is 0 Å². The maximum atomic E-state index is 11.4. The van der Waals surface area contributed by atoms with E-state index >= 15 is 0 Å². The van der Waals surface area contributed by atoms with Crippen LogP contribution in [0.4, 0.5) is 0 Å². The van der Waals surface area contributed by atoms with E-state index in [1.54, 1.807) is 0 Å². The van der Waals surface area contributed by atoms with Crippen molar-refractivity contribution in [1.29, 1.82) is 0 Å². The number of hydrogen-bond donors (Lipinski definition) is 2. The Labute approximate surface area is 142 Å². The van der Waals surface area contributed by atoms with Crippen molar-refractivity contribution >= 4 is 16.9 Å². The Hall–Kier alpha value is -2.55. The highest BCUT2D eigenvalue weighted by atomic mass is 16.4. The van der Waals surface area contributed by atoms with Crippen LogP contribution in [0.15, 0.2) is 54.7 Å². The average molecular weight is 321 g/mol. The molecule has 0 saturated heterocycles. The molecule has 0 fully saturated rings. The molecule has 2 N–H and O–H groups in total. The average Bonchev–Trinajstić information content (AvgIpc) is 2.96. The molecule has 0 unspecified atom stereocenters. The Balaban J connectivity index is 2.05. The van der Waals surface area contributed by atoms with Crippen LogP contribution >= 0.6 is 0 Å². The number of aliphatic carboxylic acids is 1. The molecule has 3 aromatic rings. The molecule has 3 nitrogen and oxygen atoms in total. The van der Waals surface area contributed by atoms with Gasteiger partial charge in [0.25, 0.3) is 0 Å². The third-order valence-electron chi connectivity index (χ3n) is 4.55. The van der Waals surface area contributed by atoms with Crippen molar-refractivity contribution in [3.8, 4) is 0 Å². The van der Waals surface area contributed by atoms with Gasteiger partial charge in [-0.2, -0.15) is 0 Å². The van der Waals surface area contributed by atoms with Gasteiger partial charge in [-0.05, 0) is 28.2 Å². The number of aromatic nitrogens is 1. The number of carbonyl (C=O) groups is 1. The Morgan fingerprint density at radius 3 is 2.38 bits per heavy atom. The van der Waals surface area contributed by atoms with Crippen LogP contribution in [-0.4, -0.2) is 16.1 Å². The zero-order valence-corrected chi connectivity index (χ0v) is 14.3. The second-order valence-electron chi connectivity index (χ2n) is 7.31. The van der Waals surface area contributed by atoms with Crippen LogP contribution in [-0.2, 0) is 10.2 Å². The van der Waals surface area contributed by atoms with E-state index in [0.717, 1.165) is 22.0 Å². The Morgan fingerprint density at radius 2 is 1.75 bits per heavy atom. The van der Waals surface area contributed by atoms with Gasteiger partial charge in [0.15, 0.2) is 0 Å². The quantitative estimate of drug-likeness (QED) is 0.704. The first-order chi connectivity index (χ1) is 11.4. The first kappa shape index (κ1) is 16.3. The second kappa shape index (κ2) is 6.16. The van der Waals surface area contributed by atoms with Crippen LogP contribution in [0.2, 0.25) is 0 Å². The van der Waals surface area contributed by atoms with Gasteiger partial charge in [0.2, 0.25) is 0 Å². The zero-order valence-electron chi connectivity index (χ0n) is 14.3. The SMILES string of the molecule is CC(C)(C)c1ccc([C@@H](CC(=O)O)c2c[nH]c3ccccc23)cc1. The Morgan fingerprint density at radius 1 is 1.08 bits per heavy atom. The Kier molecular flexibility index (Phi) is 4.18. The fourth-order valence-corrected chi connectivity index (χ4v) is 3.18. The standard InChI is InChI=1S/C21H23NO2/c1-21(2,3)15-10-8-14(9-11-15)17(12-20(23)24)18-13-22-19-7-5-4-6-16(18)19/h4-11,13,17,22H,12H2,1-3H3,(H,23,24)/t17-/m1/s1. The van der Waals surface area contributed by atoms with Crippen molar-refractivity contribution in [2.75, 3.05) is 0 Å². The predicted molar refractivity (Wildman–Crippen MR) is 97.5 cm³/mol. The van der Waals surface area contributed by atoms with Crippen molar-refractivity contribution in [2.45, 2.75) is 38.5 Å². The summed E-state index contributed by atoms with van der Waals surface area (Å²) in [4.78, 5) is 14.7. The Bertz CT molecular complexity index is 853. The number of hydrogen-bond acceptors (Lipinski definition) is 1. The molecule has 1 atom stereocenters. The zero-order chi connectivity index (χ0) is 17.3. The number of para-hydroxylation sites is 1. The van der Waals surface area contributed by atoms with Gasteiger partial charge >= 0.3 is 5.97 Å². The van der Waals surface area contributed by atoms with E-state index in [4.69, 9.17) is 0 Å². The van der Waals surface area contributed by atoms with Crippen LogP contribution in [0.1, 0.15) is 49.8 Å². The van der Waals surface area contributed by atoms with E-state index in [-0.39, 0.29) is 17.8 Å². The number of H-pyrrole nitrogens is 1. The molecular weight excluding hydrogens is 298 g/mol. The van der Waals surface area contributed by atoms with E-state index in [1.807, 2.05) is 30.5 Å². The lowest BCUT2D eigenvalue weighted by molar-refractivity contribution is -0.137. The van der Waals surface area contributed by atoms with Gasteiger partial charge in [-0.15, -0.1) is 0 Å². The molecule has 3 rings (SSSR count). The molecule has 0 spiro atoms. The summed E-state index contributed by atoms with van der Waals surface area (Å²) in [7, 11) is 0. The summed E-state index contributed by atoms with van der Waals surface area (Å²) in [5.41, 5.74) is 4.45. The summed E-state index contributed by atoms with van der Waals surface area (Å²) in [5, 5.41) is 10.5. The van der Waals surface area contributed by atoms with Crippen molar-refractivity contribution in [3.05, 3.63) is 71.4 Å². The molecule has 0 aliphatic rings. The summed E-state index contributed by atoms with van der Waals surface area (Å²) in [6.07, 6.45) is 2.02. The van der Waals surface area contributed by atoms with Gasteiger partial charge in [0.1, 0.15) is 0 Å². The van der Waals surface area contributed by atoms with Gasteiger partial charge in [-0.25, -0.2) is 0 Å². The topological polar surface area (TPSA) is 53.1 Å². The fraction of sp³-hybridized carbons (Fsp3) is 0.286. The number of aromatic amines is 1. The van der Waals surface area contributed by atoms with Crippen LogP contribution in [0.25, 0.3) is 10.9 Å². The minimum Gasteiger partial charge on any atom is -0.481 e. The molecule has 0 bridgehead atoms. The number of carboxylic acids is 1. The van der Waals surface area contributed by atoms with E-state index in [9.17, 15) is 9.90 Å². The molecule has 1 aromatic heterocycles. The number of carboxylic acid groups (broad SMARTS) is 1. The van der Waals surface area contributed by atoms with Gasteiger partial charge in [-0.1, -0.05) is 63.2 Å². The van der Waals surface area contributed by atoms with Crippen molar-refractivity contribution < 1.29 is 9.90 Å². The number of rotatable bonds is 4. The summed E-state index contributed by atoms with van der Waals surface area (Å²) >= 11 is 0. The minimum atomic E-state index is -0.787. The molecule has 0 aliphatic heterocycles. The van der Waals surface area contributed by atoms with Crippen LogP contribution in [0.3, 0.4) is 0 Å². The van der Waals surface area contributed by atoms with Crippen molar-refractivity contribution in [2.24, 2.45) is 0 Å². The van der Waals surface area contributed by atoms with E-state index < -0.39 is 5.97 Å². The highest BCUT2D eigenvalue weighted by Crippen LogP contribution is 2.34. The third-order valence-corrected chi connectivity index (χ3v) is 4.55. The largest absolute Gasteiger partial charge is 0.481 e. The molecule has 0 amide bonds. The highest BCUT2D eigenvalue weighted by molar-refractivity contribution is 5.85. The molecule has 3 heteroatoms. The summed E-state index contributed by atoms with van der Waals surface area (Å²) in [5.74, 6) is -0.946.